The Labute approximate surface area is 159 Å². The third kappa shape index (κ3) is 4.40. The molecule has 3 aromatic rings. The van der Waals surface area contributed by atoms with Crippen LogP contribution in [0.15, 0.2) is 82.2 Å². The Balaban J connectivity index is 1.69. The molecule has 0 saturated carbocycles. The number of likely N-dealkylation sites (N-methyl/N-ethyl adjacent to an activating group) is 1. The number of aromatic nitrogens is 1. The van der Waals surface area contributed by atoms with Crippen LogP contribution in [0.3, 0.4) is 0 Å². The van der Waals surface area contributed by atoms with Crippen LogP contribution in [0.1, 0.15) is 0 Å². The van der Waals surface area contributed by atoms with Crippen LogP contribution in [0, 0.1) is 0 Å². The van der Waals surface area contributed by atoms with Gasteiger partial charge >= 0.3 is 0 Å². The van der Waals surface area contributed by atoms with E-state index >= 15 is 0 Å². The Morgan fingerprint density at radius 2 is 1.65 bits per heavy atom. The van der Waals surface area contributed by atoms with E-state index in [0.717, 1.165) is 15.9 Å². The summed E-state index contributed by atoms with van der Waals surface area (Å²) < 4.78 is 7.86. The van der Waals surface area contributed by atoms with Gasteiger partial charge in [-0.15, -0.1) is 0 Å². The summed E-state index contributed by atoms with van der Waals surface area (Å²) in [6.07, 6.45) is 1.60. The van der Waals surface area contributed by atoms with Crippen molar-refractivity contribution < 1.29 is 9.53 Å². The third-order valence-electron chi connectivity index (χ3n) is 3.83. The van der Waals surface area contributed by atoms with E-state index in [0.29, 0.717) is 5.75 Å². The summed E-state index contributed by atoms with van der Waals surface area (Å²) in [5.41, 5.74) is 0.500. The van der Waals surface area contributed by atoms with E-state index in [9.17, 15) is 9.59 Å². The van der Waals surface area contributed by atoms with Gasteiger partial charge in [-0.1, -0.05) is 18.2 Å². The average molecular weight is 413 g/mol. The van der Waals surface area contributed by atoms with Gasteiger partial charge in [-0.2, -0.15) is 0 Å². The molecule has 2 aromatic carbocycles. The van der Waals surface area contributed by atoms with Crippen LogP contribution in [-0.4, -0.2) is 17.5 Å². The monoisotopic (exact) mass is 412 g/mol. The van der Waals surface area contributed by atoms with Crippen LogP contribution in [-0.2, 0) is 11.3 Å². The van der Waals surface area contributed by atoms with E-state index in [4.69, 9.17) is 4.74 Å². The molecule has 0 spiro atoms. The normalized spacial score (nSPS) is 10.4. The topological polar surface area (TPSA) is 51.5 Å². The zero-order valence-electron chi connectivity index (χ0n) is 14.1. The van der Waals surface area contributed by atoms with Crippen molar-refractivity contribution in [3.8, 4) is 11.5 Å². The molecule has 0 aliphatic rings. The van der Waals surface area contributed by atoms with Crippen LogP contribution < -0.4 is 15.2 Å². The van der Waals surface area contributed by atoms with Crippen molar-refractivity contribution in [1.29, 1.82) is 0 Å². The first-order valence-corrected chi connectivity index (χ1v) is 8.78. The number of ether oxygens (including phenoxy) is 1. The number of pyridine rings is 1. The molecule has 1 heterocycles. The molecule has 0 aliphatic heterocycles. The number of rotatable bonds is 5. The maximum absolute atomic E-state index is 12.5. The average Bonchev–Trinajstić information content (AvgIpc) is 2.65. The molecule has 0 N–H and O–H groups in total. The first-order chi connectivity index (χ1) is 12.5. The van der Waals surface area contributed by atoms with E-state index < -0.39 is 0 Å². The second-order valence-corrected chi connectivity index (χ2v) is 6.59. The predicted octanol–water partition coefficient (Wildman–Crippen LogP) is 4.07. The van der Waals surface area contributed by atoms with E-state index in [2.05, 4.69) is 15.9 Å². The second-order valence-electron chi connectivity index (χ2n) is 5.68. The molecular formula is C20H17BrN2O3. The Morgan fingerprint density at radius 3 is 2.35 bits per heavy atom. The molecule has 0 atom stereocenters. The maximum atomic E-state index is 12.5. The van der Waals surface area contributed by atoms with Gasteiger partial charge in [0.25, 0.3) is 5.56 Å². The summed E-state index contributed by atoms with van der Waals surface area (Å²) in [5, 5.41) is 0. The minimum Gasteiger partial charge on any atom is -0.457 e. The smallest absolute Gasteiger partial charge is 0.251 e. The number of anilines is 1. The zero-order chi connectivity index (χ0) is 18.5. The number of carbonyl (C=O) groups is 1. The van der Waals surface area contributed by atoms with Crippen molar-refractivity contribution in [2.45, 2.75) is 6.54 Å². The van der Waals surface area contributed by atoms with Crippen LogP contribution in [0.5, 0.6) is 11.5 Å². The van der Waals surface area contributed by atoms with E-state index in [1.165, 1.54) is 15.5 Å². The number of para-hydroxylation sites is 1. The lowest BCUT2D eigenvalue weighted by molar-refractivity contribution is -0.118. The van der Waals surface area contributed by atoms with Gasteiger partial charge in [-0.3, -0.25) is 9.59 Å². The van der Waals surface area contributed by atoms with Crippen molar-refractivity contribution >= 4 is 27.5 Å². The highest BCUT2D eigenvalue weighted by molar-refractivity contribution is 9.10. The molecule has 132 valence electrons. The first-order valence-electron chi connectivity index (χ1n) is 7.98. The van der Waals surface area contributed by atoms with E-state index in [1.54, 1.807) is 43.6 Å². The lowest BCUT2D eigenvalue weighted by Gasteiger charge is -2.18. The van der Waals surface area contributed by atoms with Crippen molar-refractivity contribution in [2.75, 3.05) is 11.9 Å². The fourth-order valence-corrected chi connectivity index (χ4v) is 2.76. The second kappa shape index (κ2) is 8.01. The number of benzene rings is 2. The molecule has 1 amide bonds. The molecule has 3 rings (SSSR count). The fourth-order valence-electron chi connectivity index (χ4n) is 2.38. The van der Waals surface area contributed by atoms with Gasteiger partial charge in [0.05, 0.1) is 0 Å². The van der Waals surface area contributed by atoms with Gasteiger partial charge in [0, 0.05) is 29.5 Å². The molecule has 0 aliphatic carbocycles. The van der Waals surface area contributed by atoms with Crippen LogP contribution in [0.2, 0.25) is 0 Å². The first kappa shape index (κ1) is 17.9. The highest BCUT2D eigenvalue weighted by Crippen LogP contribution is 2.24. The molecule has 0 bridgehead atoms. The van der Waals surface area contributed by atoms with Gasteiger partial charge in [0.15, 0.2) is 0 Å². The van der Waals surface area contributed by atoms with Crippen LogP contribution in [0.25, 0.3) is 0 Å². The molecule has 6 heteroatoms. The predicted molar refractivity (Wildman–Crippen MR) is 105 cm³/mol. The molecule has 0 unspecified atom stereocenters. The lowest BCUT2D eigenvalue weighted by atomic mass is 10.2. The summed E-state index contributed by atoms with van der Waals surface area (Å²) in [5.74, 6) is 1.24. The minimum absolute atomic E-state index is 0.0307. The summed E-state index contributed by atoms with van der Waals surface area (Å²) in [7, 11) is 1.68. The molecule has 0 saturated heterocycles. The Bertz CT molecular complexity index is 953. The molecule has 0 radical (unpaired) electrons. The molecule has 26 heavy (non-hydrogen) atoms. The SMILES string of the molecule is CN(C(=O)Cn1cc(Br)ccc1=O)c1ccc(Oc2ccccc2)cc1. The zero-order valence-corrected chi connectivity index (χ0v) is 15.7. The Hall–Kier alpha value is -2.86. The standard InChI is InChI=1S/C20H17BrN2O3/c1-22(20(25)14-23-13-15(21)7-12-19(23)24)16-8-10-18(11-9-16)26-17-5-3-2-4-6-17/h2-13H,14H2,1H3. The van der Waals surface area contributed by atoms with Crippen molar-refractivity contribution in [1.82, 2.24) is 4.57 Å². The number of hydrogen-bond donors (Lipinski definition) is 0. The van der Waals surface area contributed by atoms with Gasteiger partial charge in [-0.25, -0.2) is 0 Å². The number of nitrogens with zero attached hydrogens (tertiary/aromatic N) is 2. The lowest BCUT2D eigenvalue weighted by Crippen LogP contribution is -2.33. The number of halogens is 1. The van der Waals surface area contributed by atoms with Crippen molar-refractivity contribution in [3.05, 3.63) is 87.8 Å². The maximum Gasteiger partial charge on any atom is 0.251 e. The highest BCUT2D eigenvalue weighted by Gasteiger charge is 2.12. The number of amides is 1. The quantitative estimate of drug-likeness (QED) is 0.634. The largest absolute Gasteiger partial charge is 0.457 e. The minimum atomic E-state index is -0.221. The van der Waals surface area contributed by atoms with E-state index in [-0.39, 0.29) is 18.0 Å². The van der Waals surface area contributed by atoms with Crippen molar-refractivity contribution in [3.63, 3.8) is 0 Å². The molecule has 1 aromatic heterocycles. The summed E-state index contributed by atoms with van der Waals surface area (Å²) in [6.45, 7) is -0.0307. The van der Waals surface area contributed by atoms with Gasteiger partial charge < -0.3 is 14.2 Å². The number of hydrogen-bond acceptors (Lipinski definition) is 3. The van der Waals surface area contributed by atoms with Crippen molar-refractivity contribution in [2.24, 2.45) is 0 Å². The van der Waals surface area contributed by atoms with Gasteiger partial charge in [0.1, 0.15) is 18.0 Å². The fraction of sp³-hybridized carbons (Fsp3) is 0.100. The molecule has 5 nitrogen and oxygen atoms in total. The summed E-state index contributed by atoms with van der Waals surface area (Å²) in [4.78, 5) is 25.8. The summed E-state index contributed by atoms with van der Waals surface area (Å²) >= 11 is 3.30. The summed E-state index contributed by atoms with van der Waals surface area (Å²) in [6, 6.07) is 19.8. The van der Waals surface area contributed by atoms with Gasteiger partial charge in [-0.05, 0) is 58.4 Å². The molecule has 0 fully saturated rings. The van der Waals surface area contributed by atoms with E-state index in [1.807, 2.05) is 30.3 Å². The number of carbonyl (C=O) groups excluding carboxylic acids is 1. The van der Waals surface area contributed by atoms with Crippen LogP contribution in [0.4, 0.5) is 5.69 Å². The van der Waals surface area contributed by atoms with Gasteiger partial charge in [0.2, 0.25) is 5.91 Å². The Morgan fingerprint density at radius 1 is 1.00 bits per heavy atom. The Kier molecular flexibility index (Phi) is 5.53. The molecular weight excluding hydrogens is 396 g/mol. The third-order valence-corrected chi connectivity index (χ3v) is 4.30. The van der Waals surface area contributed by atoms with Crippen LogP contribution >= 0.6 is 15.9 Å². The highest BCUT2D eigenvalue weighted by atomic mass is 79.9.